The van der Waals surface area contributed by atoms with Crippen molar-refractivity contribution < 1.29 is 4.39 Å². The molecule has 76 valence electrons. The lowest BCUT2D eigenvalue weighted by Crippen LogP contribution is -2.11. The van der Waals surface area contributed by atoms with Gasteiger partial charge in [-0.15, -0.1) is 12.4 Å². The molecule has 0 aliphatic heterocycles. The highest BCUT2D eigenvalue weighted by Crippen LogP contribution is 2.25. The van der Waals surface area contributed by atoms with Crippen LogP contribution in [0.3, 0.4) is 0 Å². The lowest BCUT2D eigenvalue weighted by atomic mass is 10.0. The van der Waals surface area contributed by atoms with Crippen molar-refractivity contribution in [1.82, 2.24) is 0 Å². The van der Waals surface area contributed by atoms with Crippen molar-refractivity contribution >= 4 is 24.0 Å². The van der Waals surface area contributed by atoms with Gasteiger partial charge in [-0.2, -0.15) is 5.26 Å². The van der Waals surface area contributed by atoms with Crippen LogP contribution in [0.5, 0.6) is 0 Å². The zero-order valence-corrected chi connectivity index (χ0v) is 8.78. The van der Waals surface area contributed by atoms with E-state index in [0.717, 1.165) is 0 Å². The second-order valence-electron chi connectivity index (χ2n) is 2.60. The van der Waals surface area contributed by atoms with Gasteiger partial charge in [0, 0.05) is 16.6 Å². The number of nitriles is 1. The third kappa shape index (κ3) is 2.85. The van der Waals surface area contributed by atoms with Crippen molar-refractivity contribution in [2.45, 2.75) is 12.5 Å². The summed E-state index contributed by atoms with van der Waals surface area (Å²) in [7, 11) is 0. The summed E-state index contributed by atoms with van der Waals surface area (Å²) < 4.78 is 13.2. The molecule has 1 rings (SSSR count). The van der Waals surface area contributed by atoms with E-state index in [9.17, 15) is 4.39 Å². The number of nitrogens with zero attached hydrogens (tertiary/aromatic N) is 1. The molecule has 0 aliphatic rings. The minimum Gasteiger partial charge on any atom is -0.323 e. The largest absolute Gasteiger partial charge is 0.323 e. The van der Waals surface area contributed by atoms with Gasteiger partial charge in [0.25, 0.3) is 0 Å². The maximum atomic E-state index is 13.2. The fraction of sp³-hybridized carbons (Fsp3) is 0.222. The Kier molecular flexibility index (Phi) is 5.47. The van der Waals surface area contributed by atoms with Crippen molar-refractivity contribution in [2.24, 2.45) is 5.73 Å². The first-order valence-corrected chi connectivity index (χ1v) is 4.11. The molecule has 0 radical (unpaired) electrons. The van der Waals surface area contributed by atoms with Crippen LogP contribution in [0.1, 0.15) is 18.0 Å². The van der Waals surface area contributed by atoms with Crippen LogP contribution in [0.2, 0.25) is 5.02 Å². The van der Waals surface area contributed by atoms with E-state index in [1.807, 2.05) is 6.07 Å². The molecule has 0 bridgehead atoms. The molecule has 5 heteroatoms. The third-order valence-electron chi connectivity index (χ3n) is 1.68. The first-order valence-electron chi connectivity index (χ1n) is 3.73. The van der Waals surface area contributed by atoms with Crippen LogP contribution < -0.4 is 5.73 Å². The third-order valence-corrected chi connectivity index (χ3v) is 2.01. The summed E-state index contributed by atoms with van der Waals surface area (Å²) in [5, 5.41) is 8.65. The van der Waals surface area contributed by atoms with Crippen LogP contribution in [-0.4, -0.2) is 0 Å². The number of hydrogen-bond acceptors (Lipinski definition) is 2. The van der Waals surface area contributed by atoms with Crippen LogP contribution >= 0.6 is 24.0 Å². The molecule has 1 atom stereocenters. The van der Waals surface area contributed by atoms with E-state index in [1.165, 1.54) is 12.1 Å². The summed E-state index contributed by atoms with van der Waals surface area (Å²) in [5.74, 6) is -0.463. The van der Waals surface area contributed by atoms with Gasteiger partial charge in [0.2, 0.25) is 0 Å². The van der Waals surface area contributed by atoms with Crippen molar-refractivity contribution in [3.05, 3.63) is 34.6 Å². The van der Waals surface area contributed by atoms with Gasteiger partial charge in [-0.05, 0) is 12.1 Å². The van der Waals surface area contributed by atoms with Gasteiger partial charge >= 0.3 is 0 Å². The van der Waals surface area contributed by atoms with Crippen LogP contribution in [-0.2, 0) is 0 Å². The quantitative estimate of drug-likeness (QED) is 0.856. The van der Waals surface area contributed by atoms with Gasteiger partial charge in [0.1, 0.15) is 5.82 Å². The molecule has 14 heavy (non-hydrogen) atoms. The highest BCUT2D eigenvalue weighted by atomic mass is 35.5. The lowest BCUT2D eigenvalue weighted by Gasteiger charge is -2.10. The average Bonchev–Trinajstić information content (AvgIpc) is 2.04. The molecule has 1 aromatic carbocycles. The molecule has 2 nitrogen and oxygen atoms in total. The van der Waals surface area contributed by atoms with Crippen molar-refractivity contribution in [2.75, 3.05) is 0 Å². The highest BCUT2D eigenvalue weighted by Gasteiger charge is 2.14. The van der Waals surface area contributed by atoms with Crippen molar-refractivity contribution in [3.8, 4) is 6.07 Å². The molecule has 0 saturated carbocycles. The summed E-state index contributed by atoms with van der Waals surface area (Å²) in [5.41, 5.74) is 5.77. The minimum absolute atomic E-state index is 0. The summed E-state index contributed by atoms with van der Waals surface area (Å²) in [6.45, 7) is 0. The summed E-state index contributed by atoms with van der Waals surface area (Å²) in [4.78, 5) is 0. The monoisotopic (exact) mass is 234 g/mol. The van der Waals surface area contributed by atoms with Gasteiger partial charge in [0.05, 0.1) is 12.5 Å². The van der Waals surface area contributed by atoms with Gasteiger partial charge < -0.3 is 5.73 Å². The van der Waals surface area contributed by atoms with E-state index >= 15 is 0 Å². The first-order chi connectivity index (χ1) is 6.16. The van der Waals surface area contributed by atoms with E-state index in [1.54, 1.807) is 6.07 Å². The van der Waals surface area contributed by atoms with Gasteiger partial charge in [-0.25, -0.2) is 4.39 Å². The molecule has 0 fully saturated rings. The maximum absolute atomic E-state index is 13.2. The van der Waals surface area contributed by atoms with E-state index in [0.29, 0.717) is 0 Å². The summed E-state index contributed by atoms with van der Waals surface area (Å²) in [6.07, 6.45) is 0.0562. The molecule has 0 aromatic heterocycles. The van der Waals surface area contributed by atoms with Crippen LogP contribution in [0.25, 0.3) is 0 Å². The molecular formula is C9H9Cl2FN2. The molecule has 0 saturated heterocycles. The molecule has 0 aliphatic carbocycles. The minimum atomic E-state index is -0.654. The van der Waals surface area contributed by atoms with E-state index in [-0.39, 0.29) is 29.4 Å². The number of rotatable bonds is 2. The predicted molar refractivity (Wildman–Crippen MR) is 55.8 cm³/mol. The van der Waals surface area contributed by atoms with Gasteiger partial charge in [0.15, 0.2) is 0 Å². The van der Waals surface area contributed by atoms with Crippen molar-refractivity contribution in [1.29, 1.82) is 5.26 Å². The smallest absolute Gasteiger partial charge is 0.129 e. The second-order valence-corrected chi connectivity index (χ2v) is 3.01. The Morgan fingerprint density at radius 1 is 1.57 bits per heavy atom. The molecule has 2 N–H and O–H groups in total. The van der Waals surface area contributed by atoms with Crippen LogP contribution in [0.4, 0.5) is 4.39 Å². The average molecular weight is 235 g/mol. The maximum Gasteiger partial charge on any atom is 0.129 e. The Balaban J connectivity index is 0.00000169. The Morgan fingerprint density at radius 3 is 2.71 bits per heavy atom. The molecule has 0 heterocycles. The number of hydrogen-bond donors (Lipinski definition) is 1. The van der Waals surface area contributed by atoms with Crippen LogP contribution in [0, 0.1) is 17.1 Å². The van der Waals surface area contributed by atoms with Crippen LogP contribution in [0.15, 0.2) is 18.2 Å². The van der Waals surface area contributed by atoms with E-state index in [2.05, 4.69) is 0 Å². The Labute approximate surface area is 92.9 Å². The number of nitrogens with two attached hydrogens (primary N) is 1. The van der Waals surface area contributed by atoms with E-state index in [4.69, 9.17) is 22.6 Å². The second kappa shape index (κ2) is 5.82. The highest BCUT2D eigenvalue weighted by molar-refractivity contribution is 6.31. The fourth-order valence-corrected chi connectivity index (χ4v) is 1.37. The standard InChI is InChI=1S/C9H8ClFN2.ClH/c10-6-2-1-3-7(11)9(6)8(13)4-5-12;/h1-3,8H,4,13H2;1H/t8-;/m1./s1. The molecule has 0 unspecified atom stereocenters. The Hall–Kier alpha value is -0.820. The fourth-order valence-electron chi connectivity index (χ4n) is 1.07. The zero-order valence-electron chi connectivity index (χ0n) is 7.21. The topological polar surface area (TPSA) is 49.8 Å². The predicted octanol–water partition coefficient (Wildman–Crippen LogP) is 2.81. The van der Waals surface area contributed by atoms with Gasteiger partial charge in [-0.3, -0.25) is 0 Å². The molecular weight excluding hydrogens is 226 g/mol. The molecule has 0 spiro atoms. The Bertz CT molecular complexity index is 329. The molecule has 0 amide bonds. The zero-order chi connectivity index (χ0) is 9.84. The lowest BCUT2D eigenvalue weighted by molar-refractivity contribution is 0.585. The molecule has 1 aromatic rings. The first kappa shape index (κ1) is 13.2. The van der Waals surface area contributed by atoms with Crippen molar-refractivity contribution in [3.63, 3.8) is 0 Å². The number of halogens is 3. The summed E-state index contributed by atoms with van der Waals surface area (Å²) in [6, 6.07) is 5.55. The SMILES string of the molecule is Cl.N#CC[C@@H](N)c1c(F)cccc1Cl. The summed E-state index contributed by atoms with van der Waals surface area (Å²) >= 11 is 5.73. The van der Waals surface area contributed by atoms with Gasteiger partial charge in [-0.1, -0.05) is 17.7 Å². The normalized spacial score (nSPS) is 11.3. The van der Waals surface area contributed by atoms with E-state index < -0.39 is 11.9 Å². The number of benzene rings is 1. The Morgan fingerprint density at radius 2 is 2.21 bits per heavy atom.